The maximum Gasteiger partial charge on any atom is 0.435 e. The average Bonchev–Trinajstić information content (AvgIpc) is 2.90. The fourth-order valence-corrected chi connectivity index (χ4v) is 2.91. The molecular weight excluding hydrogens is 278 g/mol. The van der Waals surface area contributed by atoms with Gasteiger partial charge in [-0.1, -0.05) is 19.3 Å². The van der Waals surface area contributed by atoms with Gasteiger partial charge in [0.05, 0.1) is 0 Å². The number of nitrogens with one attached hydrogen (secondary N) is 2. The Labute approximate surface area is 118 Å². The van der Waals surface area contributed by atoms with E-state index in [-0.39, 0.29) is 11.2 Å². The van der Waals surface area contributed by atoms with Crippen LogP contribution in [0.15, 0.2) is 9.59 Å². The van der Waals surface area contributed by atoms with Gasteiger partial charge in [-0.05, 0) is 28.7 Å². The molecule has 0 unspecified atom stereocenters. The lowest BCUT2D eigenvalue weighted by atomic mass is 9.89. The Balaban J connectivity index is 2.09. The fourth-order valence-electron chi connectivity index (χ4n) is 2.91. The number of aromatic amines is 2. The second-order valence-corrected chi connectivity index (χ2v) is 5.39. The molecule has 0 radical (unpaired) electrons. The van der Waals surface area contributed by atoms with Crippen LogP contribution in [0.1, 0.15) is 32.1 Å². The molecule has 2 N–H and O–H groups in total. The average molecular weight is 293 g/mol. The van der Waals surface area contributed by atoms with E-state index in [1.165, 1.54) is 11.0 Å². The van der Waals surface area contributed by atoms with E-state index in [4.69, 9.17) is 0 Å². The maximum absolute atomic E-state index is 12.0. The van der Waals surface area contributed by atoms with Gasteiger partial charge in [-0.2, -0.15) is 0 Å². The molecular formula is C12H15N5O4. The topological polar surface area (TPSA) is 127 Å². The number of rotatable bonds is 3. The molecule has 0 atom stereocenters. The van der Waals surface area contributed by atoms with E-state index in [0.29, 0.717) is 12.5 Å². The highest BCUT2D eigenvalue weighted by Crippen LogP contribution is 2.25. The van der Waals surface area contributed by atoms with Crippen molar-refractivity contribution in [1.29, 1.82) is 0 Å². The lowest BCUT2D eigenvalue weighted by molar-refractivity contribution is -0.393. The largest absolute Gasteiger partial charge is 0.435 e. The van der Waals surface area contributed by atoms with Gasteiger partial charge in [0.15, 0.2) is 0 Å². The fraction of sp³-hybridized carbons (Fsp3) is 0.583. The number of imidazole rings is 1. The Morgan fingerprint density at radius 3 is 2.62 bits per heavy atom. The summed E-state index contributed by atoms with van der Waals surface area (Å²) < 4.78 is 1.33. The first-order chi connectivity index (χ1) is 10.1. The van der Waals surface area contributed by atoms with Crippen molar-refractivity contribution < 1.29 is 4.92 Å². The van der Waals surface area contributed by atoms with Gasteiger partial charge in [0, 0.05) is 6.54 Å². The number of nitro groups is 1. The van der Waals surface area contributed by atoms with Crippen molar-refractivity contribution in [1.82, 2.24) is 19.5 Å². The van der Waals surface area contributed by atoms with E-state index in [2.05, 4.69) is 15.0 Å². The molecule has 3 rings (SSSR count). The van der Waals surface area contributed by atoms with Crippen LogP contribution in [0.3, 0.4) is 0 Å². The van der Waals surface area contributed by atoms with Crippen molar-refractivity contribution in [3.63, 3.8) is 0 Å². The summed E-state index contributed by atoms with van der Waals surface area (Å²) in [5, 5.41) is 10.8. The molecule has 0 saturated heterocycles. The minimum Gasteiger partial charge on any atom is -0.390 e. The van der Waals surface area contributed by atoms with Gasteiger partial charge >= 0.3 is 11.6 Å². The lowest BCUT2D eigenvalue weighted by Crippen LogP contribution is -2.32. The third-order valence-electron chi connectivity index (χ3n) is 3.96. The summed E-state index contributed by atoms with van der Waals surface area (Å²) in [7, 11) is 0. The molecule has 1 aliphatic rings. The summed E-state index contributed by atoms with van der Waals surface area (Å²) in [6.45, 7) is 0.425. The van der Waals surface area contributed by atoms with E-state index in [9.17, 15) is 19.7 Å². The second kappa shape index (κ2) is 5.15. The SMILES string of the molecule is O=c1[nH]c(=O)n(CC2CCCCC2)c2nc([N+](=O)[O-])[nH]c12. The molecule has 9 nitrogen and oxygen atoms in total. The first-order valence-electron chi connectivity index (χ1n) is 6.93. The number of H-pyrrole nitrogens is 2. The lowest BCUT2D eigenvalue weighted by Gasteiger charge is -2.21. The summed E-state index contributed by atoms with van der Waals surface area (Å²) >= 11 is 0. The molecule has 1 aliphatic carbocycles. The monoisotopic (exact) mass is 293 g/mol. The minimum absolute atomic E-state index is 0.0305. The van der Waals surface area contributed by atoms with Gasteiger partial charge in [-0.15, -0.1) is 0 Å². The van der Waals surface area contributed by atoms with E-state index in [1.807, 2.05) is 0 Å². The van der Waals surface area contributed by atoms with Crippen LogP contribution < -0.4 is 11.2 Å². The zero-order valence-electron chi connectivity index (χ0n) is 11.3. The third-order valence-corrected chi connectivity index (χ3v) is 3.96. The molecule has 0 spiro atoms. The first-order valence-corrected chi connectivity index (χ1v) is 6.93. The summed E-state index contributed by atoms with van der Waals surface area (Å²) in [6.07, 6.45) is 5.46. The van der Waals surface area contributed by atoms with Crippen molar-refractivity contribution >= 4 is 17.1 Å². The van der Waals surface area contributed by atoms with E-state index >= 15 is 0 Å². The number of nitrogens with zero attached hydrogens (tertiary/aromatic N) is 3. The van der Waals surface area contributed by atoms with Crippen LogP contribution in [0.2, 0.25) is 0 Å². The van der Waals surface area contributed by atoms with Gasteiger partial charge in [0.1, 0.15) is 0 Å². The predicted octanol–water partition coefficient (Wildman–Crippen LogP) is 0.901. The Morgan fingerprint density at radius 1 is 1.24 bits per heavy atom. The quantitative estimate of drug-likeness (QED) is 0.642. The molecule has 1 saturated carbocycles. The number of aromatic nitrogens is 4. The van der Waals surface area contributed by atoms with Gasteiger partial charge < -0.3 is 10.1 Å². The zero-order valence-corrected chi connectivity index (χ0v) is 11.3. The molecule has 0 bridgehead atoms. The summed E-state index contributed by atoms with van der Waals surface area (Å²) in [6, 6.07) is 0. The first kappa shape index (κ1) is 13.5. The molecule has 0 aliphatic heterocycles. The molecule has 2 aromatic rings. The third kappa shape index (κ3) is 2.46. The molecule has 2 heterocycles. The highest BCUT2D eigenvalue weighted by Gasteiger charge is 2.23. The molecule has 0 amide bonds. The van der Waals surface area contributed by atoms with Crippen molar-refractivity contribution in [2.24, 2.45) is 5.92 Å². The van der Waals surface area contributed by atoms with E-state index in [0.717, 1.165) is 25.7 Å². The smallest absolute Gasteiger partial charge is 0.390 e. The Morgan fingerprint density at radius 2 is 1.95 bits per heavy atom. The van der Waals surface area contributed by atoms with Crippen LogP contribution >= 0.6 is 0 Å². The summed E-state index contributed by atoms with van der Waals surface area (Å²) in [4.78, 5) is 42.1. The Hall–Kier alpha value is -2.45. The maximum atomic E-state index is 12.0. The number of fused-ring (bicyclic) bond motifs is 1. The highest BCUT2D eigenvalue weighted by molar-refractivity contribution is 5.71. The summed E-state index contributed by atoms with van der Waals surface area (Å²) in [5.41, 5.74) is -1.23. The number of hydrogen-bond donors (Lipinski definition) is 2. The minimum atomic E-state index is -0.713. The Bertz CT molecular complexity index is 796. The summed E-state index contributed by atoms with van der Waals surface area (Å²) in [5.74, 6) is -0.195. The van der Waals surface area contributed by atoms with Gasteiger partial charge in [0.25, 0.3) is 11.2 Å². The van der Waals surface area contributed by atoms with Crippen molar-refractivity contribution in [3.8, 4) is 0 Å². The van der Waals surface area contributed by atoms with Crippen LogP contribution in [-0.4, -0.2) is 24.4 Å². The molecule has 0 aromatic carbocycles. The zero-order chi connectivity index (χ0) is 15.0. The van der Waals surface area contributed by atoms with Crippen LogP contribution in [0.5, 0.6) is 0 Å². The molecule has 1 fully saturated rings. The number of hydrogen-bond acceptors (Lipinski definition) is 5. The van der Waals surface area contributed by atoms with Gasteiger partial charge in [0.2, 0.25) is 5.52 Å². The van der Waals surface area contributed by atoms with Gasteiger partial charge in [-0.25, -0.2) is 9.78 Å². The molecule has 21 heavy (non-hydrogen) atoms. The predicted molar refractivity (Wildman–Crippen MR) is 74.2 cm³/mol. The Kier molecular flexibility index (Phi) is 3.32. The normalized spacial score (nSPS) is 16.4. The van der Waals surface area contributed by atoms with Crippen molar-refractivity contribution in [3.05, 3.63) is 31.0 Å². The standard InChI is InChI=1S/C12H15N5O4/c18-10-8-9(14-11(13-8)17(20)21)16(12(19)15-10)6-7-4-2-1-3-5-7/h7H,1-6H2,(H,13,14)(H,15,18,19). The van der Waals surface area contributed by atoms with Crippen LogP contribution in [-0.2, 0) is 6.54 Å². The van der Waals surface area contributed by atoms with Gasteiger partial charge in [-0.3, -0.25) is 14.3 Å². The highest BCUT2D eigenvalue weighted by atomic mass is 16.6. The second-order valence-electron chi connectivity index (χ2n) is 5.39. The van der Waals surface area contributed by atoms with E-state index in [1.54, 1.807) is 0 Å². The molecule has 9 heteroatoms. The van der Waals surface area contributed by atoms with Crippen LogP contribution in [0, 0.1) is 16.0 Å². The van der Waals surface area contributed by atoms with Crippen molar-refractivity contribution in [2.45, 2.75) is 38.6 Å². The van der Waals surface area contributed by atoms with Crippen LogP contribution in [0.4, 0.5) is 5.95 Å². The molecule has 2 aromatic heterocycles. The van der Waals surface area contributed by atoms with E-state index < -0.39 is 22.1 Å². The molecule has 112 valence electrons. The van der Waals surface area contributed by atoms with Crippen molar-refractivity contribution in [2.75, 3.05) is 0 Å². The van der Waals surface area contributed by atoms with Crippen LogP contribution in [0.25, 0.3) is 11.2 Å².